The maximum Gasteiger partial charge on any atom is 0.256 e. The van der Waals surface area contributed by atoms with E-state index in [2.05, 4.69) is 10.5 Å². The van der Waals surface area contributed by atoms with E-state index in [0.29, 0.717) is 28.5 Å². The number of rotatable bonds is 5. The number of aromatic nitrogens is 1. The number of nitrogens with zero attached hydrogens (tertiary/aromatic N) is 1. The molecular formula is C20H18N2O4S. The van der Waals surface area contributed by atoms with Gasteiger partial charge in [0.15, 0.2) is 11.5 Å². The fourth-order valence-electron chi connectivity index (χ4n) is 2.81. The van der Waals surface area contributed by atoms with E-state index in [9.17, 15) is 4.79 Å². The van der Waals surface area contributed by atoms with Gasteiger partial charge in [0.2, 0.25) is 6.79 Å². The number of fused-ring (bicyclic) bond motifs is 1. The van der Waals surface area contributed by atoms with E-state index in [4.69, 9.17) is 14.0 Å². The smallest absolute Gasteiger partial charge is 0.256 e. The van der Waals surface area contributed by atoms with Crippen molar-refractivity contribution < 1.29 is 18.8 Å². The molecule has 1 aliphatic rings. The number of amides is 1. The zero-order valence-corrected chi connectivity index (χ0v) is 15.8. The SMILES string of the molecule is Cc1noc(C)c1CSc1ccccc1C(=O)Nc1ccc2c(c1)OCO2. The van der Waals surface area contributed by atoms with Crippen molar-refractivity contribution in [3.63, 3.8) is 0 Å². The largest absolute Gasteiger partial charge is 0.454 e. The zero-order chi connectivity index (χ0) is 18.8. The molecule has 0 saturated carbocycles. The molecule has 0 saturated heterocycles. The summed E-state index contributed by atoms with van der Waals surface area (Å²) in [7, 11) is 0. The highest BCUT2D eigenvalue weighted by atomic mass is 32.2. The number of hydrogen-bond donors (Lipinski definition) is 1. The summed E-state index contributed by atoms with van der Waals surface area (Å²) in [6.45, 7) is 4.02. The van der Waals surface area contributed by atoms with Crippen LogP contribution in [0.3, 0.4) is 0 Å². The summed E-state index contributed by atoms with van der Waals surface area (Å²) in [6.07, 6.45) is 0. The van der Waals surface area contributed by atoms with Crippen LogP contribution in [0.25, 0.3) is 0 Å². The van der Waals surface area contributed by atoms with Crippen molar-refractivity contribution in [1.82, 2.24) is 5.16 Å². The standard InChI is InChI=1S/C20H18N2O4S/c1-12-16(13(2)26-22-12)10-27-19-6-4-3-5-15(19)20(23)21-14-7-8-17-18(9-14)25-11-24-17/h3-9H,10-11H2,1-2H3,(H,21,23). The van der Waals surface area contributed by atoms with Gasteiger partial charge < -0.3 is 19.3 Å². The highest BCUT2D eigenvalue weighted by Gasteiger charge is 2.17. The van der Waals surface area contributed by atoms with Crippen LogP contribution in [0.5, 0.6) is 11.5 Å². The Morgan fingerprint density at radius 3 is 2.78 bits per heavy atom. The van der Waals surface area contributed by atoms with E-state index in [1.54, 1.807) is 30.0 Å². The van der Waals surface area contributed by atoms with Gasteiger partial charge in [-0.3, -0.25) is 4.79 Å². The third-order valence-electron chi connectivity index (χ3n) is 4.32. The van der Waals surface area contributed by atoms with E-state index in [-0.39, 0.29) is 12.7 Å². The number of benzene rings is 2. The summed E-state index contributed by atoms with van der Waals surface area (Å²) in [4.78, 5) is 13.7. The van der Waals surface area contributed by atoms with Crippen molar-refractivity contribution >= 4 is 23.4 Å². The van der Waals surface area contributed by atoms with Gasteiger partial charge in [0.1, 0.15) is 5.76 Å². The Labute approximate surface area is 160 Å². The number of thioether (sulfide) groups is 1. The summed E-state index contributed by atoms with van der Waals surface area (Å²) in [5, 5.41) is 6.91. The number of nitrogens with one attached hydrogen (secondary N) is 1. The summed E-state index contributed by atoms with van der Waals surface area (Å²) in [5.74, 6) is 2.64. The molecule has 2 heterocycles. The number of carbonyl (C=O) groups is 1. The second kappa shape index (κ2) is 7.36. The molecule has 0 radical (unpaired) electrons. The number of hydrogen-bond acceptors (Lipinski definition) is 6. The molecule has 7 heteroatoms. The summed E-state index contributed by atoms with van der Waals surface area (Å²) < 4.78 is 15.9. The van der Waals surface area contributed by atoms with Crippen LogP contribution in [0.1, 0.15) is 27.4 Å². The number of anilines is 1. The molecule has 4 rings (SSSR count). The van der Waals surface area contributed by atoms with Crippen molar-refractivity contribution in [2.45, 2.75) is 24.5 Å². The first kappa shape index (κ1) is 17.5. The minimum atomic E-state index is -0.171. The molecule has 0 atom stereocenters. The topological polar surface area (TPSA) is 73.6 Å². The third kappa shape index (κ3) is 3.64. The quantitative estimate of drug-likeness (QED) is 0.652. The lowest BCUT2D eigenvalue weighted by atomic mass is 10.2. The lowest BCUT2D eigenvalue weighted by molar-refractivity contribution is 0.102. The van der Waals surface area contributed by atoms with E-state index in [0.717, 1.165) is 21.9 Å². The Balaban J connectivity index is 1.51. The zero-order valence-electron chi connectivity index (χ0n) is 14.9. The van der Waals surface area contributed by atoms with Crippen LogP contribution in [-0.2, 0) is 5.75 Å². The van der Waals surface area contributed by atoms with Gasteiger partial charge in [-0.1, -0.05) is 17.3 Å². The van der Waals surface area contributed by atoms with Gasteiger partial charge >= 0.3 is 0 Å². The molecule has 138 valence electrons. The third-order valence-corrected chi connectivity index (χ3v) is 5.42. The van der Waals surface area contributed by atoms with Crippen molar-refractivity contribution in [1.29, 1.82) is 0 Å². The maximum atomic E-state index is 12.8. The van der Waals surface area contributed by atoms with Gasteiger partial charge in [-0.05, 0) is 38.1 Å². The van der Waals surface area contributed by atoms with Gasteiger partial charge in [0.05, 0.1) is 11.3 Å². The molecule has 3 aromatic rings. The van der Waals surface area contributed by atoms with E-state index < -0.39 is 0 Å². The first-order valence-electron chi connectivity index (χ1n) is 8.46. The summed E-state index contributed by atoms with van der Waals surface area (Å²) >= 11 is 1.59. The molecule has 1 aliphatic heterocycles. The van der Waals surface area contributed by atoms with Gasteiger partial charge in [-0.15, -0.1) is 11.8 Å². The molecule has 1 amide bonds. The van der Waals surface area contributed by atoms with Gasteiger partial charge in [-0.25, -0.2) is 0 Å². The molecule has 0 fully saturated rings. The minimum Gasteiger partial charge on any atom is -0.454 e. The predicted octanol–water partition coefficient (Wildman–Crippen LogP) is 4.56. The Kier molecular flexibility index (Phi) is 4.77. The average Bonchev–Trinajstić information content (AvgIpc) is 3.26. The molecule has 0 bridgehead atoms. The fourth-order valence-corrected chi connectivity index (χ4v) is 4.01. The highest BCUT2D eigenvalue weighted by Crippen LogP contribution is 2.35. The second-order valence-corrected chi connectivity index (χ2v) is 7.13. The average molecular weight is 382 g/mol. The lowest BCUT2D eigenvalue weighted by Gasteiger charge is -2.10. The second-order valence-electron chi connectivity index (χ2n) is 6.11. The molecule has 1 N–H and O–H groups in total. The summed E-state index contributed by atoms with van der Waals surface area (Å²) in [5.41, 5.74) is 3.22. The molecule has 6 nitrogen and oxygen atoms in total. The molecule has 2 aromatic carbocycles. The van der Waals surface area contributed by atoms with Crippen LogP contribution in [0.4, 0.5) is 5.69 Å². The van der Waals surface area contributed by atoms with Crippen LogP contribution in [0.2, 0.25) is 0 Å². The van der Waals surface area contributed by atoms with Crippen LogP contribution in [0.15, 0.2) is 51.9 Å². The van der Waals surface area contributed by atoms with Gasteiger partial charge in [0, 0.05) is 28.0 Å². The Morgan fingerprint density at radius 2 is 1.96 bits per heavy atom. The highest BCUT2D eigenvalue weighted by molar-refractivity contribution is 7.98. The molecule has 0 aliphatic carbocycles. The Bertz CT molecular complexity index is 980. The van der Waals surface area contributed by atoms with Gasteiger partial charge in [0.25, 0.3) is 5.91 Å². The molecule has 0 spiro atoms. The van der Waals surface area contributed by atoms with Crippen molar-refractivity contribution in [3.05, 3.63) is 65.0 Å². The lowest BCUT2D eigenvalue weighted by Crippen LogP contribution is -2.13. The molecular weight excluding hydrogens is 364 g/mol. The van der Waals surface area contributed by atoms with Crippen LogP contribution in [-0.4, -0.2) is 17.9 Å². The maximum absolute atomic E-state index is 12.8. The predicted molar refractivity (Wildman–Crippen MR) is 102 cm³/mol. The van der Waals surface area contributed by atoms with Gasteiger partial charge in [-0.2, -0.15) is 0 Å². The van der Waals surface area contributed by atoms with Crippen molar-refractivity contribution in [2.75, 3.05) is 12.1 Å². The van der Waals surface area contributed by atoms with E-state index in [1.165, 1.54) is 0 Å². The van der Waals surface area contributed by atoms with E-state index in [1.807, 2.05) is 38.1 Å². The normalized spacial score (nSPS) is 12.2. The first-order valence-corrected chi connectivity index (χ1v) is 9.45. The van der Waals surface area contributed by atoms with E-state index >= 15 is 0 Å². The van der Waals surface area contributed by atoms with Crippen LogP contribution < -0.4 is 14.8 Å². The Hall–Kier alpha value is -2.93. The van der Waals surface area contributed by atoms with Crippen LogP contribution >= 0.6 is 11.8 Å². The first-order chi connectivity index (χ1) is 13.1. The molecule has 1 aromatic heterocycles. The fraction of sp³-hybridized carbons (Fsp3) is 0.200. The molecule has 27 heavy (non-hydrogen) atoms. The van der Waals surface area contributed by atoms with Crippen molar-refractivity contribution in [2.24, 2.45) is 0 Å². The molecule has 0 unspecified atom stereocenters. The minimum absolute atomic E-state index is 0.171. The Morgan fingerprint density at radius 1 is 1.15 bits per heavy atom. The van der Waals surface area contributed by atoms with Crippen molar-refractivity contribution in [3.8, 4) is 11.5 Å². The summed E-state index contributed by atoms with van der Waals surface area (Å²) in [6, 6.07) is 12.9. The number of ether oxygens (including phenoxy) is 2. The number of aryl methyl sites for hydroxylation is 2. The monoisotopic (exact) mass is 382 g/mol. The number of carbonyl (C=O) groups excluding carboxylic acids is 1. The van der Waals surface area contributed by atoms with Crippen LogP contribution in [0, 0.1) is 13.8 Å².